The Bertz CT molecular complexity index is 1460. The summed E-state index contributed by atoms with van der Waals surface area (Å²) in [4.78, 5) is 11.4. The van der Waals surface area contributed by atoms with Crippen molar-refractivity contribution in [1.82, 2.24) is 14.9 Å². The predicted molar refractivity (Wildman–Crippen MR) is 141 cm³/mol. The van der Waals surface area contributed by atoms with Crippen LogP contribution in [0.25, 0.3) is 10.3 Å². The maximum absolute atomic E-state index is 9.75. The van der Waals surface area contributed by atoms with E-state index in [1.165, 1.54) is 23.1 Å². The largest absolute Gasteiger partial charge is 0.453 e. The van der Waals surface area contributed by atoms with Crippen LogP contribution in [0.1, 0.15) is 11.1 Å². The van der Waals surface area contributed by atoms with Crippen LogP contribution < -0.4 is 20.1 Å². The Morgan fingerprint density at radius 3 is 2.75 bits per heavy atom. The van der Waals surface area contributed by atoms with Gasteiger partial charge in [0.25, 0.3) is 0 Å². The molecule has 0 saturated carbocycles. The highest BCUT2D eigenvalue weighted by molar-refractivity contribution is 9.10. The lowest BCUT2D eigenvalue weighted by atomic mass is 10.2. The Morgan fingerprint density at radius 1 is 1.11 bits per heavy atom. The van der Waals surface area contributed by atoms with Crippen molar-refractivity contribution < 1.29 is 14.2 Å². The van der Waals surface area contributed by atoms with Crippen molar-refractivity contribution in [2.24, 2.45) is 0 Å². The molecule has 6 rings (SSSR count). The first-order valence-electron chi connectivity index (χ1n) is 11.4. The molecule has 0 aliphatic carbocycles. The predicted octanol–water partition coefficient (Wildman–Crippen LogP) is 5.37. The Labute approximate surface area is 219 Å². The van der Waals surface area contributed by atoms with Gasteiger partial charge in [-0.2, -0.15) is 10.2 Å². The first-order valence-corrected chi connectivity index (χ1v) is 13.0. The van der Waals surface area contributed by atoms with Gasteiger partial charge in [-0.05, 0) is 29.8 Å². The Hall–Kier alpha value is -3.43. The second kappa shape index (κ2) is 9.91. The van der Waals surface area contributed by atoms with E-state index < -0.39 is 0 Å². The summed E-state index contributed by atoms with van der Waals surface area (Å²) < 4.78 is 18.2. The standard InChI is InChI=1S/C25H21BrN6O3S/c26-17-9-19(22-20(10-17)34-14-35-22)30-21-16(11-27)12-28-24-23(21)36-25(31-24)29-18-3-1-15(2-4-18)13-32-5-7-33-8-6-32/h1-4,9-10,12H,5-8,13-14H2,(H2,28,29,30,31). The number of thiazole rings is 1. The molecule has 4 heterocycles. The number of nitriles is 1. The van der Waals surface area contributed by atoms with E-state index in [0.717, 1.165) is 47.7 Å². The molecule has 2 N–H and O–H groups in total. The van der Waals surface area contributed by atoms with Crippen LogP contribution in [0.4, 0.5) is 22.2 Å². The number of fused-ring (bicyclic) bond motifs is 2. The molecule has 0 unspecified atom stereocenters. The lowest BCUT2D eigenvalue weighted by Gasteiger charge is -2.26. The fourth-order valence-electron chi connectivity index (χ4n) is 4.18. The molecule has 2 aromatic heterocycles. The minimum absolute atomic E-state index is 0.150. The van der Waals surface area contributed by atoms with E-state index >= 15 is 0 Å². The van der Waals surface area contributed by atoms with Crippen molar-refractivity contribution in [3.8, 4) is 17.6 Å². The summed E-state index contributed by atoms with van der Waals surface area (Å²) in [6.45, 7) is 4.57. The van der Waals surface area contributed by atoms with Gasteiger partial charge in [-0.25, -0.2) is 4.98 Å². The van der Waals surface area contributed by atoms with Crippen molar-refractivity contribution in [2.45, 2.75) is 6.54 Å². The third-order valence-electron chi connectivity index (χ3n) is 5.95. The first kappa shape index (κ1) is 23.0. The van der Waals surface area contributed by atoms with E-state index in [0.29, 0.717) is 39.2 Å². The molecule has 0 atom stereocenters. The number of aromatic nitrogens is 2. The van der Waals surface area contributed by atoms with Gasteiger partial charge in [0.15, 0.2) is 22.3 Å². The topological polar surface area (TPSA) is 105 Å². The minimum atomic E-state index is 0.150. The normalized spacial score (nSPS) is 15.1. The molecule has 2 aliphatic rings. The molecule has 2 aliphatic heterocycles. The van der Waals surface area contributed by atoms with Gasteiger partial charge in [-0.15, -0.1) is 0 Å². The van der Waals surface area contributed by atoms with Gasteiger partial charge in [0.1, 0.15) is 10.8 Å². The molecule has 9 nitrogen and oxygen atoms in total. The van der Waals surface area contributed by atoms with Gasteiger partial charge in [0.2, 0.25) is 6.79 Å². The van der Waals surface area contributed by atoms with Gasteiger partial charge in [0.05, 0.1) is 30.2 Å². The number of nitrogens with zero attached hydrogens (tertiary/aromatic N) is 4. The second-order valence-electron chi connectivity index (χ2n) is 8.35. The number of benzene rings is 2. The van der Waals surface area contributed by atoms with Crippen LogP contribution in [0.2, 0.25) is 0 Å². The first-order chi connectivity index (χ1) is 17.7. The molecule has 0 bridgehead atoms. The van der Waals surface area contributed by atoms with Crippen molar-refractivity contribution in [3.63, 3.8) is 0 Å². The molecule has 0 spiro atoms. The van der Waals surface area contributed by atoms with E-state index in [-0.39, 0.29) is 6.79 Å². The van der Waals surface area contributed by atoms with Gasteiger partial charge in [0, 0.05) is 36.0 Å². The highest BCUT2D eigenvalue weighted by Gasteiger charge is 2.22. The van der Waals surface area contributed by atoms with Gasteiger partial charge in [-0.1, -0.05) is 39.4 Å². The second-order valence-corrected chi connectivity index (χ2v) is 10.3. The third kappa shape index (κ3) is 4.68. The highest BCUT2D eigenvalue weighted by atomic mass is 79.9. The molecular formula is C25H21BrN6O3S. The summed E-state index contributed by atoms with van der Waals surface area (Å²) in [7, 11) is 0. The zero-order valence-electron chi connectivity index (χ0n) is 19.1. The summed E-state index contributed by atoms with van der Waals surface area (Å²) in [6.07, 6.45) is 1.53. The van der Waals surface area contributed by atoms with Crippen LogP contribution in [0.3, 0.4) is 0 Å². The lowest BCUT2D eigenvalue weighted by Crippen LogP contribution is -2.35. The van der Waals surface area contributed by atoms with E-state index in [1.807, 2.05) is 12.1 Å². The number of halogens is 1. The van der Waals surface area contributed by atoms with Crippen molar-refractivity contribution in [1.29, 1.82) is 5.26 Å². The highest BCUT2D eigenvalue weighted by Crippen LogP contribution is 2.45. The van der Waals surface area contributed by atoms with Gasteiger partial charge >= 0.3 is 0 Å². The summed E-state index contributed by atoms with van der Waals surface area (Å²) in [6, 6.07) is 14.3. The van der Waals surface area contributed by atoms with Crippen LogP contribution >= 0.6 is 27.3 Å². The van der Waals surface area contributed by atoms with Crippen LogP contribution in [-0.4, -0.2) is 48.0 Å². The Morgan fingerprint density at radius 2 is 1.94 bits per heavy atom. The SMILES string of the molecule is N#Cc1cnc2nc(Nc3ccc(CN4CCOCC4)cc3)sc2c1Nc1cc(Br)cc2c1OCO2. The fourth-order valence-corrected chi connectivity index (χ4v) is 5.56. The van der Waals surface area contributed by atoms with Crippen LogP contribution in [0, 0.1) is 11.3 Å². The van der Waals surface area contributed by atoms with Gasteiger partial charge in [-0.3, -0.25) is 4.90 Å². The van der Waals surface area contributed by atoms with Crippen LogP contribution in [-0.2, 0) is 11.3 Å². The molecule has 36 heavy (non-hydrogen) atoms. The number of pyridine rings is 1. The molecule has 4 aromatic rings. The maximum atomic E-state index is 9.75. The molecule has 182 valence electrons. The number of hydrogen-bond donors (Lipinski definition) is 2. The third-order valence-corrected chi connectivity index (χ3v) is 7.39. The number of ether oxygens (including phenoxy) is 3. The average molecular weight is 565 g/mol. The zero-order valence-corrected chi connectivity index (χ0v) is 21.5. The number of nitrogens with one attached hydrogen (secondary N) is 2. The summed E-state index contributed by atoms with van der Waals surface area (Å²) in [5, 5.41) is 17.2. The summed E-state index contributed by atoms with van der Waals surface area (Å²) >= 11 is 4.94. The van der Waals surface area contributed by atoms with Crippen LogP contribution in [0.5, 0.6) is 11.5 Å². The fraction of sp³-hybridized carbons (Fsp3) is 0.240. The van der Waals surface area contributed by atoms with Gasteiger partial charge < -0.3 is 24.8 Å². The molecular weight excluding hydrogens is 544 g/mol. The van der Waals surface area contributed by atoms with Crippen molar-refractivity contribution >= 4 is 59.8 Å². The maximum Gasteiger partial charge on any atom is 0.231 e. The van der Waals surface area contributed by atoms with E-state index in [1.54, 1.807) is 0 Å². The summed E-state index contributed by atoms with van der Waals surface area (Å²) in [5.41, 5.74) is 4.48. The summed E-state index contributed by atoms with van der Waals surface area (Å²) in [5.74, 6) is 1.24. The van der Waals surface area contributed by atoms with E-state index in [2.05, 4.69) is 71.8 Å². The monoisotopic (exact) mass is 564 g/mol. The Kier molecular flexibility index (Phi) is 6.33. The molecule has 2 aromatic carbocycles. The molecule has 0 radical (unpaired) electrons. The zero-order chi connectivity index (χ0) is 24.5. The van der Waals surface area contributed by atoms with Crippen LogP contribution in [0.15, 0.2) is 47.1 Å². The quantitative estimate of drug-likeness (QED) is 0.319. The lowest BCUT2D eigenvalue weighted by molar-refractivity contribution is 0.0342. The molecule has 0 amide bonds. The molecule has 11 heteroatoms. The number of anilines is 4. The minimum Gasteiger partial charge on any atom is -0.453 e. The molecule has 1 fully saturated rings. The Balaban J connectivity index is 1.26. The van der Waals surface area contributed by atoms with E-state index in [4.69, 9.17) is 14.2 Å². The number of rotatable bonds is 6. The average Bonchev–Trinajstić information content (AvgIpc) is 3.53. The van der Waals surface area contributed by atoms with E-state index in [9.17, 15) is 5.26 Å². The van der Waals surface area contributed by atoms with Crippen molar-refractivity contribution in [2.75, 3.05) is 43.7 Å². The molecule has 1 saturated heterocycles. The number of hydrogen-bond acceptors (Lipinski definition) is 10. The number of morpholine rings is 1. The van der Waals surface area contributed by atoms with Crippen molar-refractivity contribution in [3.05, 3.63) is 58.2 Å². The smallest absolute Gasteiger partial charge is 0.231 e.